The Morgan fingerprint density at radius 3 is 2.21 bits per heavy atom. The Bertz CT molecular complexity index is 1450. The molecule has 0 atom stereocenters. The first-order valence-corrected chi connectivity index (χ1v) is 12.3. The van der Waals surface area contributed by atoms with Crippen LogP contribution in [0.3, 0.4) is 0 Å². The van der Waals surface area contributed by atoms with Crippen molar-refractivity contribution >= 4 is 15.9 Å². The molecule has 0 spiro atoms. The summed E-state index contributed by atoms with van der Waals surface area (Å²) in [5.74, 6) is 0.749. The molecule has 0 saturated heterocycles. The van der Waals surface area contributed by atoms with Crippen LogP contribution in [0.4, 0.5) is 0 Å². The van der Waals surface area contributed by atoms with Gasteiger partial charge in [0.15, 0.2) is 0 Å². The minimum absolute atomic E-state index is 0.156. The maximum absolute atomic E-state index is 13.2. The second-order valence-corrected chi connectivity index (χ2v) is 10.7. The number of nitrogens with zero attached hydrogens (tertiary/aromatic N) is 5. The van der Waals surface area contributed by atoms with Gasteiger partial charge in [0.05, 0.1) is 29.4 Å². The third-order valence-electron chi connectivity index (χ3n) is 6.02. The molecule has 0 unspecified atom stereocenters. The molecule has 2 aromatic carbocycles. The van der Waals surface area contributed by atoms with Crippen LogP contribution in [0.2, 0.25) is 0 Å². The van der Waals surface area contributed by atoms with Gasteiger partial charge < -0.3 is 9.47 Å². The van der Waals surface area contributed by atoms with E-state index in [1.165, 1.54) is 31.8 Å². The molecule has 1 amide bonds. The summed E-state index contributed by atoms with van der Waals surface area (Å²) in [5.41, 5.74) is 4.42. The second-order valence-electron chi connectivity index (χ2n) is 8.56. The quantitative estimate of drug-likeness (QED) is 0.443. The van der Waals surface area contributed by atoms with Crippen molar-refractivity contribution in [3.05, 3.63) is 95.4 Å². The van der Waals surface area contributed by atoms with Gasteiger partial charge in [0.25, 0.3) is 5.91 Å². The van der Waals surface area contributed by atoms with Crippen molar-refractivity contribution < 1.29 is 13.2 Å². The topological polar surface area (TPSA) is 80.4 Å². The minimum atomic E-state index is -3.54. The van der Waals surface area contributed by atoms with Gasteiger partial charge in [-0.15, -0.1) is 0 Å². The van der Waals surface area contributed by atoms with Gasteiger partial charge in [0, 0.05) is 37.6 Å². The summed E-state index contributed by atoms with van der Waals surface area (Å²) < 4.78 is 29.7. The van der Waals surface area contributed by atoms with E-state index in [1.54, 1.807) is 17.0 Å². The lowest BCUT2D eigenvalue weighted by Gasteiger charge is -2.18. The van der Waals surface area contributed by atoms with E-state index in [4.69, 9.17) is 5.10 Å². The number of benzene rings is 2. The van der Waals surface area contributed by atoms with Crippen molar-refractivity contribution in [2.75, 3.05) is 14.1 Å². The minimum Gasteiger partial charge on any atom is -0.328 e. The highest BCUT2D eigenvalue weighted by molar-refractivity contribution is 7.89. The maximum Gasteiger partial charge on any atom is 0.254 e. The normalized spacial score (nSPS) is 13.5. The third kappa shape index (κ3) is 3.72. The molecule has 8 nitrogen and oxygen atoms in total. The van der Waals surface area contributed by atoms with E-state index in [2.05, 4.69) is 12.1 Å². The van der Waals surface area contributed by atoms with E-state index in [9.17, 15) is 13.2 Å². The molecule has 4 aromatic rings. The van der Waals surface area contributed by atoms with E-state index in [0.717, 1.165) is 27.1 Å². The Hall–Kier alpha value is -3.69. The lowest BCUT2D eigenvalue weighted by atomic mass is 10.2. The Labute approximate surface area is 198 Å². The van der Waals surface area contributed by atoms with E-state index in [0.29, 0.717) is 18.7 Å². The summed E-state index contributed by atoms with van der Waals surface area (Å²) >= 11 is 0. The number of amides is 1. The standard InChI is InChI=1S/C25H25N5O3S/c1-18-6-10-20(11-7-18)30-24(28-14-4-5-15-28)22-16-29(17-23(22)26-30)25(31)19-8-12-21(13-9-19)34(32,33)27(2)3/h4-15H,16-17H2,1-3H3. The zero-order valence-corrected chi connectivity index (χ0v) is 20.0. The van der Waals surface area contributed by atoms with Crippen LogP contribution < -0.4 is 0 Å². The van der Waals surface area contributed by atoms with Gasteiger partial charge in [-0.25, -0.2) is 17.4 Å². The number of hydrogen-bond acceptors (Lipinski definition) is 4. The van der Waals surface area contributed by atoms with Crippen LogP contribution >= 0.6 is 0 Å². The van der Waals surface area contributed by atoms with Crippen molar-refractivity contribution in [2.45, 2.75) is 24.9 Å². The van der Waals surface area contributed by atoms with Gasteiger partial charge >= 0.3 is 0 Å². The maximum atomic E-state index is 13.2. The van der Waals surface area contributed by atoms with Crippen molar-refractivity contribution in [3.8, 4) is 11.5 Å². The number of fused-ring (bicyclic) bond motifs is 1. The van der Waals surface area contributed by atoms with E-state index < -0.39 is 10.0 Å². The molecule has 174 valence electrons. The van der Waals surface area contributed by atoms with Gasteiger partial charge in [-0.3, -0.25) is 4.79 Å². The highest BCUT2D eigenvalue weighted by Crippen LogP contribution is 2.31. The van der Waals surface area contributed by atoms with E-state index in [-0.39, 0.29) is 10.8 Å². The Morgan fingerprint density at radius 1 is 0.941 bits per heavy atom. The molecule has 0 aliphatic carbocycles. The molecule has 2 aromatic heterocycles. The van der Waals surface area contributed by atoms with Gasteiger partial charge in [0.1, 0.15) is 5.82 Å². The van der Waals surface area contributed by atoms with Crippen LogP contribution in [0, 0.1) is 6.92 Å². The summed E-state index contributed by atoms with van der Waals surface area (Å²) in [4.78, 5) is 15.1. The zero-order valence-electron chi connectivity index (χ0n) is 19.2. The van der Waals surface area contributed by atoms with Crippen LogP contribution in [-0.4, -0.2) is 52.0 Å². The summed E-state index contributed by atoms with van der Waals surface area (Å²) in [6.45, 7) is 2.86. The van der Waals surface area contributed by atoms with Crippen molar-refractivity contribution in [2.24, 2.45) is 0 Å². The molecule has 34 heavy (non-hydrogen) atoms. The predicted octanol–water partition coefficient (Wildman–Crippen LogP) is 3.38. The van der Waals surface area contributed by atoms with Crippen molar-refractivity contribution in [1.82, 2.24) is 23.6 Å². The zero-order chi connectivity index (χ0) is 24.0. The first-order chi connectivity index (χ1) is 16.3. The first-order valence-electron chi connectivity index (χ1n) is 10.9. The fourth-order valence-corrected chi connectivity index (χ4v) is 5.02. The van der Waals surface area contributed by atoms with Gasteiger partial charge in [0.2, 0.25) is 10.0 Å². The average Bonchev–Trinajstić information content (AvgIpc) is 3.55. The molecule has 3 heterocycles. The smallest absolute Gasteiger partial charge is 0.254 e. The number of sulfonamides is 1. The van der Waals surface area contributed by atoms with Crippen molar-refractivity contribution in [1.29, 1.82) is 0 Å². The molecule has 0 N–H and O–H groups in total. The largest absolute Gasteiger partial charge is 0.328 e. The van der Waals surface area contributed by atoms with Gasteiger partial charge in [-0.1, -0.05) is 17.7 Å². The van der Waals surface area contributed by atoms with Crippen LogP contribution in [-0.2, 0) is 23.1 Å². The summed E-state index contributed by atoms with van der Waals surface area (Å²) in [7, 11) is -0.584. The SMILES string of the molecule is Cc1ccc(-n2nc3c(c2-n2cccc2)CN(C(=O)c2ccc(S(=O)(=O)N(C)C)cc2)C3)cc1. The Balaban J connectivity index is 1.45. The number of hydrogen-bond donors (Lipinski definition) is 0. The second kappa shape index (κ2) is 8.27. The molecule has 0 bridgehead atoms. The average molecular weight is 476 g/mol. The Kier molecular flexibility index (Phi) is 5.38. The van der Waals surface area contributed by atoms with Crippen LogP contribution in [0.1, 0.15) is 27.2 Å². The van der Waals surface area contributed by atoms with Crippen LogP contribution in [0.5, 0.6) is 0 Å². The molecule has 5 rings (SSSR count). The lowest BCUT2D eigenvalue weighted by molar-refractivity contribution is 0.0749. The van der Waals surface area contributed by atoms with E-state index in [1.807, 2.05) is 52.8 Å². The van der Waals surface area contributed by atoms with E-state index >= 15 is 0 Å². The molecular weight excluding hydrogens is 450 g/mol. The van der Waals surface area contributed by atoms with Gasteiger partial charge in [-0.2, -0.15) is 5.10 Å². The summed E-state index contributed by atoms with van der Waals surface area (Å²) in [6.07, 6.45) is 3.94. The molecule has 9 heteroatoms. The number of rotatable bonds is 5. The lowest BCUT2D eigenvalue weighted by Crippen LogP contribution is -2.26. The number of carbonyl (C=O) groups excluding carboxylic acids is 1. The number of aryl methyl sites for hydroxylation is 1. The highest BCUT2D eigenvalue weighted by Gasteiger charge is 2.32. The fraction of sp³-hybridized carbons (Fsp3) is 0.200. The summed E-state index contributed by atoms with van der Waals surface area (Å²) in [6, 6.07) is 18.2. The first kappa shape index (κ1) is 22.1. The third-order valence-corrected chi connectivity index (χ3v) is 7.85. The molecule has 1 aliphatic rings. The number of aromatic nitrogens is 3. The monoisotopic (exact) mass is 475 g/mol. The van der Waals surface area contributed by atoms with Crippen LogP contribution in [0.15, 0.2) is 78.0 Å². The van der Waals surface area contributed by atoms with Crippen LogP contribution in [0.25, 0.3) is 11.5 Å². The highest BCUT2D eigenvalue weighted by atomic mass is 32.2. The van der Waals surface area contributed by atoms with Crippen molar-refractivity contribution in [3.63, 3.8) is 0 Å². The molecule has 0 radical (unpaired) electrons. The Morgan fingerprint density at radius 2 is 1.59 bits per heavy atom. The molecule has 0 saturated carbocycles. The summed E-state index contributed by atoms with van der Waals surface area (Å²) in [5, 5.41) is 4.86. The molecule has 1 aliphatic heterocycles. The number of carbonyl (C=O) groups is 1. The molecule has 0 fully saturated rings. The van der Waals surface area contributed by atoms with Gasteiger partial charge in [-0.05, 0) is 55.5 Å². The predicted molar refractivity (Wildman–Crippen MR) is 129 cm³/mol. The fourth-order valence-electron chi connectivity index (χ4n) is 4.12. The molecular formula is C25H25N5O3S.